The molecule has 1 aromatic heterocycles. The van der Waals surface area contributed by atoms with E-state index in [-0.39, 0.29) is 39.1 Å². The number of pyridine rings is 1. The number of halogens is 4. The van der Waals surface area contributed by atoms with Gasteiger partial charge < -0.3 is 24.3 Å². The van der Waals surface area contributed by atoms with Crippen LogP contribution in [-0.4, -0.2) is 39.1 Å². The maximum Gasteiger partial charge on any atom is 0.387 e. The quantitative estimate of drug-likeness (QED) is 0.0861. The van der Waals surface area contributed by atoms with Gasteiger partial charge in [-0.15, -0.1) is 0 Å². The Bertz CT molecular complexity index is 1360. The van der Waals surface area contributed by atoms with Gasteiger partial charge in [-0.25, -0.2) is 4.79 Å². The number of esters is 1. The van der Waals surface area contributed by atoms with Crippen molar-refractivity contribution in [1.82, 2.24) is 0 Å². The molecule has 0 N–H and O–H groups in total. The molecule has 0 bridgehead atoms. The molecule has 3 aromatic rings. The first kappa shape index (κ1) is 29.4. The van der Waals surface area contributed by atoms with Crippen molar-refractivity contribution in [2.45, 2.75) is 32.0 Å². The molecule has 1 aliphatic rings. The first-order valence-corrected chi connectivity index (χ1v) is 13.1. The van der Waals surface area contributed by atoms with Crippen molar-refractivity contribution in [3.63, 3.8) is 0 Å². The molecule has 8 nitrogen and oxygen atoms in total. The summed E-state index contributed by atoms with van der Waals surface area (Å²) in [6.07, 6.45) is 2.82. The molecular formula is C28H26Cl2F2N2O6. The van der Waals surface area contributed by atoms with Crippen LogP contribution in [0.25, 0.3) is 0 Å². The summed E-state index contributed by atoms with van der Waals surface area (Å²) < 4.78 is 42.5. The molecule has 1 aliphatic carbocycles. The largest absolute Gasteiger partial charge is 0.619 e. The Morgan fingerprint density at radius 1 is 1.05 bits per heavy atom. The molecule has 1 unspecified atom stereocenters. The van der Waals surface area contributed by atoms with Crippen LogP contribution in [0.4, 0.5) is 14.5 Å². The lowest BCUT2D eigenvalue weighted by Gasteiger charge is -2.21. The molecule has 0 spiro atoms. The number of Topliss-reactive ketones (excluding diaryl/α,β-unsaturated/α-hetero) is 1. The number of carbonyl (C=O) groups is 2. The third kappa shape index (κ3) is 7.51. The minimum absolute atomic E-state index is 0.0111. The van der Waals surface area contributed by atoms with Crippen molar-refractivity contribution in [3.8, 4) is 11.5 Å². The number of alkyl halides is 2. The number of carbonyl (C=O) groups excluding carboxylic acids is 2. The fourth-order valence-corrected chi connectivity index (χ4v) is 4.47. The van der Waals surface area contributed by atoms with Crippen LogP contribution in [0.5, 0.6) is 11.5 Å². The standard InChI is InChI=1S/C28H26Cl2F2N2O6/c1-33(2)19-8-5-17(6-9-19)26(35)27(36)39-24(12-20-21(29)13-34(37)14-22(20)30)18-7-10-23(40-28(31)32)25(11-18)38-15-16-3-4-16/h5-11,13-14,16,24,28H,3-4,12,15H2,1-2H3. The number of ketones is 1. The Labute approximate surface area is 239 Å². The van der Waals surface area contributed by atoms with Crippen LogP contribution in [0.1, 0.15) is 40.4 Å². The summed E-state index contributed by atoms with van der Waals surface area (Å²) in [6.45, 7) is -2.78. The van der Waals surface area contributed by atoms with E-state index in [9.17, 15) is 23.6 Å². The van der Waals surface area contributed by atoms with Crippen LogP contribution in [0.2, 0.25) is 10.0 Å². The van der Waals surface area contributed by atoms with Crippen LogP contribution in [-0.2, 0) is 16.0 Å². The number of rotatable bonds is 12. The van der Waals surface area contributed by atoms with E-state index < -0.39 is 24.5 Å². The van der Waals surface area contributed by atoms with Gasteiger partial charge in [-0.2, -0.15) is 13.5 Å². The van der Waals surface area contributed by atoms with Crippen molar-refractivity contribution in [1.29, 1.82) is 0 Å². The highest BCUT2D eigenvalue weighted by molar-refractivity contribution is 6.40. The van der Waals surface area contributed by atoms with Crippen LogP contribution in [0, 0.1) is 11.1 Å². The number of aromatic nitrogens is 1. The average Bonchev–Trinajstić information content (AvgIpc) is 3.73. The summed E-state index contributed by atoms with van der Waals surface area (Å²) in [4.78, 5) is 27.8. The minimum Gasteiger partial charge on any atom is -0.619 e. The van der Waals surface area contributed by atoms with Gasteiger partial charge in [-0.05, 0) is 60.7 Å². The van der Waals surface area contributed by atoms with E-state index in [1.165, 1.54) is 30.3 Å². The van der Waals surface area contributed by atoms with Gasteiger partial charge in [0.05, 0.1) is 6.61 Å². The minimum atomic E-state index is -3.08. The number of ether oxygens (including phenoxy) is 3. The van der Waals surface area contributed by atoms with E-state index in [0.29, 0.717) is 22.8 Å². The van der Waals surface area contributed by atoms with Crippen molar-refractivity contribution >= 4 is 40.6 Å². The zero-order valence-corrected chi connectivity index (χ0v) is 23.1. The first-order chi connectivity index (χ1) is 19.0. The van der Waals surface area contributed by atoms with Crippen molar-refractivity contribution in [2.75, 3.05) is 25.6 Å². The van der Waals surface area contributed by atoms with Crippen LogP contribution >= 0.6 is 23.2 Å². The second kappa shape index (κ2) is 12.7. The van der Waals surface area contributed by atoms with Crippen LogP contribution in [0.15, 0.2) is 54.9 Å². The SMILES string of the molecule is CN(C)c1ccc(C(=O)C(=O)OC(Cc2c(Cl)c[n+]([O-])cc2Cl)c2ccc(OC(F)F)c(OCC3CC3)c2)cc1. The molecule has 1 fully saturated rings. The van der Waals surface area contributed by atoms with Gasteiger partial charge in [0, 0.05) is 37.3 Å². The van der Waals surface area contributed by atoms with E-state index in [4.69, 9.17) is 32.7 Å². The van der Waals surface area contributed by atoms with Crippen molar-refractivity contribution in [3.05, 3.63) is 86.8 Å². The second-order valence-corrected chi connectivity index (χ2v) is 10.3. The van der Waals surface area contributed by atoms with Crippen LogP contribution in [0.3, 0.4) is 0 Å². The summed E-state index contributed by atoms with van der Waals surface area (Å²) >= 11 is 12.5. The molecule has 1 saturated carbocycles. The topological polar surface area (TPSA) is 92.0 Å². The van der Waals surface area contributed by atoms with E-state index in [1.807, 2.05) is 19.0 Å². The third-order valence-corrected chi connectivity index (χ3v) is 6.91. The van der Waals surface area contributed by atoms with E-state index in [0.717, 1.165) is 30.9 Å². The number of nitrogens with zero attached hydrogens (tertiary/aromatic N) is 2. The summed E-state index contributed by atoms with van der Waals surface area (Å²) in [5.41, 5.74) is 1.54. The number of anilines is 1. The zero-order chi connectivity index (χ0) is 29.0. The summed E-state index contributed by atoms with van der Waals surface area (Å²) in [5, 5.41) is 11.8. The molecule has 212 valence electrons. The molecule has 4 rings (SSSR count). The molecule has 0 radical (unpaired) electrons. The number of benzene rings is 2. The zero-order valence-electron chi connectivity index (χ0n) is 21.6. The normalized spacial score (nSPS) is 13.6. The van der Waals surface area contributed by atoms with Gasteiger partial charge in [-0.3, -0.25) is 4.79 Å². The Kier molecular flexibility index (Phi) is 9.32. The van der Waals surface area contributed by atoms with Gasteiger partial charge in [0.25, 0.3) is 5.78 Å². The van der Waals surface area contributed by atoms with E-state index in [1.54, 1.807) is 12.1 Å². The predicted octanol–water partition coefficient (Wildman–Crippen LogP) is 5.79. The van der Waals surface area contributed by atoms with Gasteiger partial charge >= 0.3 is 12.6 Å². The van der Waals surface area contributed by atoms with Gasteiger partial charge in [0.15, 0.2) is 23.9 Å². The lowest BCUT2D eigenvalue weighted by molar-refractivity contribution is -0.605. The lowest BCUT2D eigenvalue weighted by Crippen LogP contribution is -2.26. The van der Waals surface area contributed by atoms with E-state index >= 15 is 0 Å². The molecule has 12 heteroatoms. The van der Waals surface area contributed by atoms with Crippen LogP contribution < -0.4 is 19.1 Å². The molecule has 0 amide bonds. The fourth-order valence-electron chi connectivity index (χ4n) is 3.87. The maximum absolute atomic E-state index is 13.0. The number of hydrogen-bond donors (Lipinski definition) is 0. The lowest BCUT2D eigenvalue weighted by atomic mass is 10.0. The molecule has 40 heavy (non-hydrogen) atoms. The monoisotopic (exact) mass is 594 g/mol. The van der Waals surface area contributed by atoms with Gasteiger partial charge in [0.1, 0.15) is 16.1 Å². The predicted molar refractivity (Wildman–Crippen MR) is 144 cm³/mol. The van der Waals surface area contributed by atoms with Gasteiger partial charge in [-0.1, -0.05) is 29.3 Å². The summed E-state index contributed by atoms with van der Waals surface area (Å²) in [7, 11) is 3.67. The molecule has 2 aromatic carbocycles. The second-order valence-electron chi connectivity index (χ2n) is 9.50. The Hall–Kier alpha value is -3.63. The highest BCUT2D eigenvalue weighted by Crippen LogP contribution is 2.38. The fraction of sp³-hybridized carbons (Fsp3) is 0.321. The third-order valence-electron chi connectivity index (χ3n) is 6.25. The Morgan fingerprint density at radius 3 is 2.27 bits per heavy atom. The summed E-state index contributed by atoms with van der Waals surface area (Å²) in [5.74, 6) is -1.89. The molecule has 1 atom stereocenters. The Balaban J connectivity index is 1.66. The van der Waals surface area contributed by atoms with Gasteiger partial charge in [0.2, 0.25) is 0 Å². The highest BCUT2D eigenvalue weighted by Gasteiger charge is 2.28. The summed E-state index contributed by atoms with van der Waals surface area (Å²) in [6, 6.07) is 10.5. The molecular weight excluding hydrogens is 569 g/mol. The molecule has 1 heterocycles. The molecule has 0 saturated heterocycles. The smallest absolute Gasteiger partial charge is 0.387 e. The van der Waals surface area contributed by atoms with Crippen molar-refractivity contribution in [2.24, 2.45) is 5.92 Å². The Morgan fingerprint density at radius 2 is 1.70 bits per heavy atom. The van der Waals surface area contributed by atoms with Crippen molar-refractivity contribution < 1.29 is 37.3 Å². The maximum atomic E-state index is 13.0. The average molecular weight is 595 g/mol. The van der Waals surface area contributed by atoms with E-state index in [2.05, 4.69) is 4.74 Å². The highest BCUT2D eigenvalue weighted by atomic mass is 35.5. The number of hydrogen-bond acceptors (Lipinski definition) is 7. The molecule has 0 aliphatic heterocycles. The first-order valence-electron chi connectivity index (χ1n) is 12.3.